The standard InChI is InChI=1S/C8H8O10.K.Ti.H/c9-3(10)1-8(17,7(15)16)2-4(11)18-6(14)5(12)13;;;/h17H,1-2H2,(H,9,10)(H,12,13)(H,15,16);;;. The molecule has 0 fully saturated rings. The molecule has 0 aromatic rings. The van der Waals surface area contributed by atoms with Crippen LogP contribution in [-0.2, 0) is 50.4 Å². The summed E-state index contributed by atoms with van der Waals surface area (Å²) < 4.78 is 3.65. The minimum absolute atomic E-state index is 0. The fourth-order valence-corrected chi connectivity index (χ4v) is 0.886. The molecule has 10 nitrogen and oxygen atoms in total. The molecule has 0 rings (SSSR count). The van der Waals surface area contributed by atoms with Gasteiger partial charge >= 0.3 is 81.2 Å². The first-order valence-electron chi connectivity index (χ1n) is 4.24. The van der Waals surface area contributed by atoms with Gasteiger partial charge in [-0.05, 0) is 0 Å². The van der Waals surface area contributed by atoms with Crippen molar-refractivity contribution in [3.8, 4) is 0 Å². The average Bonchev–Trinajstić information content (AvgIpc) is 2.14. The molecule has 106 valence electrons. The van der Waals surface area contributed by atoms with Gasteiger partial charge in [0.15, 0.2) is 5.60 Å². The van der Waals surface area contributed by atoms with Crippen LogP contribution in [-0.4, -0.2) is 107 Å². The van der Waals surface area contributed by atoms with E-state index in [0.717, 1.165) is 0 Å². The number of carbonyl (C=O) groups excluding carboxylic acids is 2. The second-order valence-electron chi connectivity index (χ2n) is 3.15. The third-order valence-electron chi connectivity index (χ3n) is 1.66. The van der Waals surface area contributed by atoms with Crippen LogP contribution in [0.2, 0.25) is 0 Å². The first kappa shape index (κ1) is 24.9. The number of esters is 2. The summed E-state index contributed by atoms with van der Waals surface area (Å²) in [6.07, 6.45) is -2.70. The van der Waals surface area contributed by atoms with E-state index in [-0.39, 0.29) is 73.1 Å². The van der Waals surface area contributed by atoms with Crippen LogP contribution < -0.4 is 0 Å². The number of hydrogen-bond acceptors (Lipinski definition) is 7. The molecule has 1 unspecified atom stereocenters. The summed E-state index contributed by atoms with van der Waals surface area (Å²) in [6.45, 7) is 0. The van der Waals surface area contributed by atoms with Crippen LogP contribution in [0.1, 0.15) is 12.8 Å². The van der Waals surface area contributed by atoms with Crippen molar-refractivity contribution < 1.29 is 70.9 Å². The fourth-order valence-electron chi connectivity index (χ4n) is 0.886. The van der Waals surface area contributed by atoms with Gasteiger partial charge in [0.2, 0.25) is 0 Å². The maximum atomic E-state index is 10.9. The number of carboxylic acids is 3. The summed E-state index contributed by atoms with van der Waals surface area (Å²) in [6, 6.07) is 0. The molecular formula is C8H9KO10Ti. The van der Waals surface area contributed by atoms with Gasteiger partial charge in [0.05, 0.1) is 12.8 Å². The number of aliphatic carboxylic acids is 3. The van der Waals surface area contributed by atoms with E-state index in [4.69, 9.17) is 15.3 Å². The molecule has 0 spiro atoms. The summed E-state index contributed by atoms with van der Waals surface area (Å²) in [5.41, 5.74) is -2.98. The molecule has 0 aliphatic carbocycles. The second-order valence-corrected chi connectivity index (χ2v) is 3.15. The molecule has 0 aromatic carbocycles. The Morgan fingerprint density at radius 1 is 0.950 bits per heavy atom. The molecule has 0 bridgehead atoms. The summed E-state index contributed by atoms with van der Waals surface area (Å²) in [5, 5.41) is 34.3. The van der Waals surface area contributed by atoms with Crippen LogP contribution in [0.5, 0.6) is 0 Å². The van der Waals surface area contributed by atoms with Crippen LogP contribution in [0.15, 0.2) is 0 Å². The topological polar surface area (TPSA) is 175 Å². The number of carboxylic acid groups (broad SMARTS) is 3. The molecule has 20 heavy (non-hydrogen) atoms. The minimum atomic E-state index is -2.98. The SMILES string of the molecule is O=C(O)CC(O)(CC(=O)OC(=O)C(=O)O)C(=O)O.[KH].[Ti]. The zero-order valence-corrected chi connectivity index (χ0v) is 10.7. The summed E-state index contributed by atoms with van der Waals surface area (Å²) >= 11 is 0. The summed E-state index contributed by atoms with van der Waals surface area (Å²) in [4.78, 5) is 52.3. The minimum Gasteiger partial charge on any atom is 0 e. The molecule has 1 atom stereocenters. The Kier molecular flexibility index (Phi) is 13.1. The van der Waals surface area contributed by atoms with Gasteiger partial charge in [-0.25, -0.2) is 14.4 Å². The third kappa shape index (κ3) is 8.92. The Balaban J connectivity index is -0.00000144. The predicted molar refractivity (Wildman–Crippen MR) is 55.3 cm³/mol. The molecule has 0 aliphatic heterocycles. The van der Waals surface area contributed by atoms with Crippen molar-refractivity contribution in [3.63, 3.8) is 0 Å². The van der Waals surface area contributed by atoms with Crippen molar-refractivity contribution >= 4 is 81.2 Å². The molecule has 0 heterocycles. The number of rotatable bonds is 5. The van der Waals surface area contributed by atoms with Crippen molar-refractivity contribution in [2.45, 2.75) is 18.4 Å². The van der Waals surface area contributed by atoms with E-state index in [1.165, 1.54) is 0 Å². The number of ether oxygens (including phenoxy) is 1. The second kappa shape index (κ2) is 10.6. The van der Waals surface area contributed by atoms with E-state index in [9.17, 15) is 29.1 Å². The van der Waals surface area contributed by atoms with Gasteiger partial charge in [-0.1, -0.05) is 0 Å². The number of aliphatic hydroxyl groups is 1. The molecule has 0 aliphatic rings. The zero-order valence-electron chi connectivity index (χ0n) is 9.15. The summed E-state index contributed by atoms with van der Waals surface area (Å²) in [7, 11) is 0. The molecule has 0 amide bonds. The summed E-state index contributed by atoms with van der Waals surface area (Å²) in [5.74, 6) is -9.47. The molecule has 4 N–H and O–H groups in total. The van der Waals surface area contributed by atoms with Crippen molar-refractivity contribution in [1.29, 1.82) is 0 Å². The molecule has 12 heteroatoms. The van der Waals surface area contributed by atoms with Gasteiger partial charge in [0.25, 0.3) is 0 Å². The molecule has 0 aromatic heterocycles. The van der Waals surface area contributed by atoms with Gasteiger partial charge in [-0.3, -0.25) is 9.59 Å². The van der Waals surface area contributed by atoms with Crippen LogP contribution in [0, 0.1) is 0 Å². The fraction of sp³-hybridized carbons (Fsp3) is 0.375. The average molecular weight is 352 g/mol. The third-order valence-corrected chi connectivity index (χ3v) is 1.66. The zero-order chi connectivity index (χ0) is 14.5. The quantitative estimate of drug-likeness (QED) is 0.175. The Hall–Kier alpha value is -0.139. The van der Waals surface area contributed by atoms with Crippen LogP contribution in [0.4, 0.5) is 0 Å². The van der Waals surface area contributed by atoms with E-state index < -0.39 is 48.3 Å². The van der Waals surface area contributed by atoms with E-state index in [0.29, 0.717) is 0 Å². The van der Waals surface area contributed by atoms with Gasteiger partial charge in [-0.2, -0.15) is 0 Å². The van der Waals surface area contributed by atoms with Crippen LogP contribution in [0.3, 0.4) is 0 Å². The smallest absolute Gasteiger partial charge is 0 e. The maximum absolute atomic E-state index is 10.9. The first-order chi connectivity index (χ1) is 8.08. The normalized spacial score (nSPS) is 11.8. The first-order valence-corrected chi connectivity index (χ1v) is 4.24. The Morgan fingerprint density at radius 3 is 1.70 bits per heavy atom. The maximum Gasteiger partial charge on any atom is 0 e. The van der Waals surface area contributed by atoms with E-state index in [2.05, 4.69) is 4.74 Å². The Labute approximate surface area is 168 Å². The van der Waals surface area contributed by atoms with Crippen molar-refractivity contribution in [1.82, 2.24) is 0 Å². The van der Waals surface area contributed by atoms with E-state index in [1.807, 2.05) is 0 Å². The predicted octanol–water partition coefficient (Wildman–Crippen LogP) is -2.83. The van der Waals surface area contributed by atoms with Gasteiger partial charge in [0, 0.05) is 21.7 Å². The largest absolute Gasteiger partial charge is 0 e. The molecular weight excluding hydrogens is 343 g/mol. The van der Waals surface area contributed by atoms with Gasteiger partial charge in [0.1, 0.15) is 0 Å². The van der Waals surface area contributed by atoms with Crippen LogP contribution in [0.25, 0.3) is 0 Å². The Bertz CT molecular complexity index is 421. The van der Waals surface area contributed by atoms with Crippen LogP contribution >= 0.6 is 0 Å². The van der Waals surface area contributed by atoms with Crippen molar-refractivity contribution in [2.24, 2.45) is 0 Å². The van der Waals surface area contributed by atoms with E-state index in [1.54, 1.807) is 0 Å². The van der Waals surface area contributed by atoms with Gasteiger partial charge < -0.3 is 25.2 Å². The van der Waals surface area contributed by atoms with E-state index >= 15 is 0 Å². The number of carbonyl (C=O) groups is 5. The Morgan fingerprint density at radius 2 is 1.40 bits per heavy atom. The number of hydrogen-bond donors (Lipinski definition) is 4. The van der Waals surface area contributed by atoms with Crippen molar-refractivity contribution in [3.05, 3.63) is 0 Å². The molecule has 0 saturated carbocycles. The van der Waals surface area contributed by atoms with Crippen molar-refractivity contribution in [2.75, 3.05) is 0 Å². The monoisotopic (exact) mass is 352 g/mol. The molecule has 0 radical (unpaired) electrons. The molecule has 0 saturated heterocycles. The van der Waals surface area contributed by atoms with Gasteiger partial charge in [-0.15, -0.1) is 0 Å².